The van der Waals surface area contributed by atoms with E-state index in [0.29, 0.717) is 31.5 Å². The van der Waals surface area contributed by atoms with Crippen molar-refractivity contribution >= 4 is 29.5 Å². The summed E-state index contributed by atoms with van der Waals surface area (Å²) < 4.78 is 27.6. The van der Waals surface area contributed by atoms with Crippen LogP contribution in [0, 0.1) is 5.82 Å². The Balaban J connectivity index is 1.74. The van der Waals surface area contributed by atoms with Crippen molar-refractivity contribution in [3.05, 3.63) is 70.0 Å². The number of ether oxygens (including phenoxy) is 1. The number of benzene rings is 2. The summed E-state index contributed by atoms with van der Waals surface area (Å²) in [5.74, 6) is -1.49. The van der Waals surface area contributed by atoms with Gasteiger partial charge in [0.25, 0.3) is 0 Å². The van der Waals surface area contributed by atoms with E-state index in [9.17, 15) is 19.1 Å². The van der Waals surface area contributed by atoms with E-state index in [0.717, 1.165) is 12.1 Å². The molecular weight excluding hydrogens is 433 g/mol. The van der Waals surface area contributed by atoms with Gasteiger partial charge in [-0.2, -0.15) is 0 Å². The van der Waals surface area contributed by atoms with E-state index in [1.165, 1.54) is 18.2 Å². The molecule has 0 aromatic heterocycles. The zero-order valence-electron chi connectivity index (χ0n) is 19.3. The van der Waals surface area contributed by atoms with Gasteiger partial charge in [0.1, 0.15) is 17.2 Å². The molecule has 1 aliphatic heterocycles. The highest BCUT2D eigenvalue weighted by Crippen LogP contribution is 2.36. The number of piperidine rings is 1. The summed E-state index contributed by atoms with van der Waals surface area (Å²) in [7, 11) is 0. The van der Waals surface area contributed by atoms with Gasteiger partial charge in [-0.25, -0.2) is 9.18 Å². The Morgan fingerprint density at radius 1 is 1.25 bits per heavy atom. The van der Waals surface area contributed by atoms with Crippen LogP contribution in [0.25, 0.3) is 6.05 Å². The van der Waals surface area contributed by atoms with Gasteiger partial charge in [-0.3, -0.25) is 4.79 Å². The van der Waals surface area contributed by atoms with E-state index < -0.39 is 17.2 Å². The van der Waals surface area contributed by atoms with Crippen LogP contribution >= 0.6 is 11.6 Å². The largest absolute Gasteiger partial charge is 0.507 e. The van der Waals surface area contributed by atoms with Crippen LogP contribution in [-0.2, 0) is 4.74 Å². The maximum atomic E-state index is 14.1. The van der Waals surface area contributed by atoms with Crippen molar-refractivity contribution in [2.24, 2.45) is 0 Å². The molecule has 0 saturated carbocycles. The molecule has 0 unspecified atom stereocenters. The highest BCUT2D eigenvalue weighted by molar-refractivity contribution is 6.30. The lowest BCUT2D eigenvalue weighted by Crippen LogP contribution is -2.41. The fourth-order valence-electron chi connectivity index (χ4n) is 3.62. The van der Waals surface area contributed by atoms with Gasteiger partial charge in [-0.05, 0) is 75.4 Å². The molecule has 170 valence electrons. The molecule has 1 saturated heterocycles. The summed E-state index contributed by atoms with van der Waals surface area (Å²) in [4.78, 5) is 26.7. The van der Waals surface area contributed by atoms with Gasteiger partial charge in [0, 0.05) is 23.7 Å². The van der Waals surface area contributed by atoms with Gasteiger partial charge >= 0.3 is 6.09 Å². The highest BCUT2D eigenvalue weighted by atomic mass is 35.5. The van der Waals surface area contributed by atoms with Crippen LogP contribution in [0.3, 0.4) is 0 Å². The molecule has 32 heavy (non-hydrogen) atoms. The Bertz CT molecular complexity index is 1090. The number of para-hydroxylation sites is 1. The first-order valence-electron chi connectivity index (χ1n) is 10.9. The second kappa shape index (κ2) is 9.74. The predicted octanol–water partition coefficient (Wildman–Crippen LogP) is 6.20. The summed E-state index contributed by atoms with van der Waals surface area (Å²) in [5.41, 5.74) is 0.0291. The number of phenolic OH excluding ortho intramolecular Hbond substituents is 1. The van der Waals surface area contributed by atoms with Crippen LogP contribution in [0.2, 0.25) is 5.02 Å². The van der Waals surface area contributed by atoms with Crippen molar-refractivity contribution in [1.29, 1.82) is 0 Å². The quantitative estimate of drug-likeness (QED) is 0.436. The third kappa shape index (κ3) is 5.88. The number of carbonyl (C=O) groups excluding carboxylic acids is 2. The van der Waals surface area contributed by atoms with Crippen LogP contribution in [-0.4, -0.2) is 40.6 Å². The van der Waals surface area contributed by atoms with Crippen LogP contribution in [0.15, 0.2) is 42.5 Å². The maximum absolute atomic E-state index is 14.1. The van der Waals surface area contributed by atoms with Crippen molar-refractivity contribution in [2.75, 3.05) is 13.1 Å². The maximum Gasteiger partial charge on any atom is 0.410 e. The lowest BCUT2D eigenvalue weighted by atomic mass is 9.87. The third-order valence-corrected chi connectivity index (χ3v) is 5.44. The normalized spacial score (nSPS) is 16.0. The van der Waals surface area contributed by atoms with Crippen molar-refractivity contribution in [3.63, 3.8) is 0 Å². The van der Waals surface area contributed by atoms with Crippen molar-refractivity contribution in [3.8, 4) is 5.75 Å². The average molecular weight is 461 g/mol. The number of hydrogen-bond donors (Lipinski definition) is 1. The minimum Gasteiger partial charge on any atom is -0.507 e. The standard InChI is InChI=1S/C25H27ClFNO4/c1-25(2,3)32-24(31)28-13-11-16(12-14-28)19-5-4-6-20(23(19)30)22(29)10-8-17-7-9-18(26)15-21(17)27/h4-10,15-16,30H,11-14H2,1-3H3/b10-8+/i8D. The predicted molar refractivity (Wildman–Crippen MR) is 123 cm³/mol. The molecule has 0 aliphatic carbocycles. The first-order chi connectivity index (χ1) is 15.5. The Labute approximate surface area is 193 Å². The second-order valence-corrected chi connectivity index (χ2v) is 9.20. The molecule has 1 heterocycles. The molecule has 2 aromatic rings. The molecule has 1 aliphatic rings. The van der Waals surface area contributed by atoms with Crippen LogP contribution in [0.1, 0.15) is 62.4 Å². The fraction of sp³-hybridized carbons (Fsp3) is 0.360. The van der Waals surface area contributed by atoms with Gasteiger partial charge in [0.2, 0.25) is 0 Å². The van der Waals surface area contributed by atoms with Crippen molar-refractivity contribution in [2.45, 2.75) is 45.1 Å². The number of aromatic hydroxyl groups is 1. The number of carbonyl (C=O) groups is 2. The summed E-state index contributed by atoms with van der Waals surface area (Å²) in [6.45, 7) is 6.40. The molecular formula is C25H27ClFNO4. The van der Waals surface area contributed by atoms with Crippen LogP contribution in [0.5, 0.6) is 5.75 Å². The zero-order chi connectivity index (χ0) is 24.3. The number of nitrogens with zero attached hydrogens (tertiary/aromatic N) is 1. The van der Waals surface area contributed by atoms with Gasteiger partial charge in [-0.15, -0.1) is 0 Å². The summed E-state index contributed by atoms with van der Waals surface area (Å²) in [5, 5.41) is 11.0. The zero-order valence-corrected chi connectivity index (χ0v) is 19.1. The van der Waals surface area contributed by atoms with E-state index in [2.05, 4.69) is 0 Å². The van der Waals surface area contributed by atoms with Gasteiger partial charge in [0.15, 0.2) is 5.78 Å². The van der Waals surface area contributed by atoms with E-state index in [4.69, 9.17) is 17.7 Å². The van der Waals surface area contributed by atoms with Gasteiger partial charge in [-0.1, -0.05) is 29.8 Å². The molecule has 1 N–H and O–H groups in total. The number of allylic oxidation sites excluding steroid dienone is 1. The first-order valence-corrected chi connectivity index (χ1v) is 10.8. The van der Waals surface area contributed by atoms with Gasteiger partial charge in [0.05, 0.1) is 6.93 Å². The van der Waals surface area contributed by atoms with E-state index in [-0.39, 0.29) is 40.0 Å². The molecule has 7 heteroatoms. The lowest BCUT2D eigenvalue weighted by Gasteiger charge is -2.33. The smallest absolute Gasteiger partial charge is 0.410 e. The molecule has 1 fully saturated rings. The Morgan fingerprint density at radius 2 is 1.94 bits per heavy atom. The van der Waals surface area contributed by atoms with Gasteiger partial charge < -0.3 is 14.7 Å². The van der Waals surface area contributed by atoms with Crippen molar-refractivity contribution < 1.29 is 25.2 Å². The molecule has 2 aromatic carbocycles. The second-order valence-electron chi connectivity index (χ2n) is 8.76. The SMILES string of the molecule is [2H]/C(=C\C(=O)c1cccc(C2CCN(C(=O)OC(C)(C)C)CC2)c1O)c1ccc(Cl)cc1F. The third-order valence-electron chi connectivity index (χ3n) is 5.21. The topological polar surface area (TPSA) is 66.8 Å². The lowest BCUT2D eigenvalue weighted by molar-refractivity contribution is 0.0204. The number of halogens is 2. The van der Waals surface area contributed by atoms with Crippen molar-refractivity contribution in [1.82, 2.24) is 4.90 Å². The van der Waals surface area contributed by atoms with E-state index in [1.54, 1.807) is 17.0 Å². The molecule has 1 amide bonds. The molecule has 5 nitrogen and oxygen atoms in total. The molecule has 3 rings (SSSR count). The number of amides is 1. The van der Waals surface area contributed by atoms with Crippen LogP contribution < -0.4 is 0 Å². The monoisotopic (exact) mass is 460 g/mol. The molecule has 0 bridgehead atoms. The van der Waals surface area contributed by atoms with E-state index >= 15 is 0 Å². The number of ketones is 1. The summed E-state index contributed by atoms with van der Waals surface area (Å²) >= 11 is 5.74. The average Bonchev–Trinajstić information content (AvgIpc) is 2.72. The highest BCUT2D eigenvalue weighted by Gasteiger charge is 2.29. The molecule has 0 radical (unpaired) electrons. The molecule has 0 spiro atoms. The minimum absolute atomic E-state index is 0.0374. The van der Waals surface area contributed by atoms with Crippen LogP contribution in [0.4, 0.5) is 9.18 Å². The number of phenols is 1. The number of rotatable bonds is 4. The Kier molecular flexibility index (Phi) is 6.80. The Morgan fingerprint density at radius 3 is 2.56 bits per heavy atom. The first kappa shape index (κ1) is 22.3. The molecule has 0 atom stereocenters. The Hall–Kier alpha value is -2.86. The van der Waals surface area contributed by atoms with E-state index in [1.807, 2.05) is 20.8 Å². The number of hydrogen-bond acceptors (Lipinski definition) is 4. The summed E-state index contributed by atoms with van der Waals surface area (Å²) in [6.07, 6.45) is 1.84. The fourth-order valence-corrected chi connectivity index (χ4v) is 3.78. The summed E-state index contributed by atoms with van der Waals surface area (Å²) in [6, 6.07) is 8.43. The minimum atomic E-state index is -0.703. The number of likely N-dealkylation sites (tertiary alicyclic amines) is 1.